The summed E-state index contributed by atoms with van der Waals surface area (Å²) in [5.41, 5.74) is 8.88. The fourth-order valence-electron chi connectivity index (χ4n) is 7.89. The summed E-state index contributed by atoms with van der Waals surface area (Å²) in [4.78, 5) is 10.6. The zero-order valence-corrected chi connectivity index (χ0v) is 24.6. The molecular formula is C42H24N4. The van der Waals surface area contributed by atoms with Gasteiger partial charge in [-0.2, -0.15) is 0 Å². The molecule has 11 rings (SSSR count). The summed E-state index contributed by atoms with van der Waals surface area (Å²) in [6, 6.07) is 52.1. The molecule has 0 saturated carbocycles. The number of hydrogen-bond donors (Lipinski definition) is 0. The van der Waals surface area contributed by atoms with E-state index in [-0.39, 0.29) is 0 Å². The number of hydrogen-bond acceptors (Lipinski definition) is 2. The van der Waals surface area contributed by atoms with Crippen LogP contribution in [-0.4, -0.2) is 18.9 Å². The quantitative estimate of drug-likeness (QED) is 0.203. The molecule has 0 fully saturated rings. The van der Waals surface area contributed by atoms with Crippen LogP contribution in [0.5, 0.6) is 0 Å². The van der Waals surface area contributed by atoms with Crippen molar-refractivity contribution in [2.75, 3.05) is 0 Å². The van der Waals surface area contributed by atoms with Gasteiger partial charge in [-0.3, -0.25) is 4.57 Å². The Morgan fingerprint density at radius 3 is 1.93 bits per heavy atom. The summed E-state index contributed by atoms with van der Waals surface area (Å²) in [5.74, 6) is 0.677. The van der Waals surface area contributed by atoms with E-state index in [0.29, 0.717) is 5.95 Å². The van der Waals surface area contributed by atoms with Crippen LogP contribution in [0.4, 0.5) is 0 Å². The number of para-hydroxylation sites is 3. The molecule has 0 saturated heterocycles. The molecule has 4 nitrogen and oxygen atoms in total. The van der Waals surface area contributed by atoms with Crippen LogP contribution in [0.15, 0.2) is 146 Å². The maximum atomic E-state index is 5.34. The first-order valence-corrected chi connectivity index (χ1v) is 15.7. The average Bonchev–Trinajstić information content (AvgIpc) is 3.74. The monoisotopic (exact) mass is 584 g/mol. The van der Waals surface area contributed by atoms with Gasteiger partial charge in [0.05, 0.1) is 38.8 Å². The van der Waals surface area contributed by atoms with Crippen LogP contribution in [0.1, 0.15) is 0 Å². The third kappa shape index (κ3) is 3.03. The van der Waals surface area contributed by atoms with Crippen LogP contribution in [0.25, 0.3) is 98.8 Å². The Hall–Kier alpha value is -6.26. The van der Waals surface area contributed by atoms with E-state index in [1.54, 1.807) is 0 Å². The Labute approximate surface area is 262 Å². The van der Waals surface area contributed by atoms with Crippen LogP contribution >= 0.6 is 0 Å². The molecule has 0 bridgehead atoms. The minimum Gasteiger partial charge on any atom is -0.308 e. The topological polar surface area (TPSA) is 35.1 Å². The molecule has 0 aliphatic carbocycles. The lowest BCUT2D eigenvalue weighted by atomic mass is 10.0. The first kappa shape index (κ1) is 24.1. The normalized spacial score (nSPS) is 12.3. The van der Waals surface area contributed by atoms with Crippen molar-refractivity contribution in [2.45, 2.75) is 0 Å². The van der Waals surface area contributed by atoms with Gasteiger partial charge in [-0.25, -0.2) is 9.97 Å². The Balaban J connectivity index is 1.38. The lowest BCUT2D eigenvalue weighted by Crippen LogP contribution is -2.03. The van der Waals surface area contributed by atoms with Gasteiger partial charge in [-0.15, -0.1) is 0 Å². The number of fused-ring (bicyclic) bond motifs is 12. The first-order valence-electron chi connectivity index (χ1n) is 15.7. The Morgan fingerprint density at radius 2 is 1.09 bits per heavy atom. The molecular weight excluding hydrogens is 560 g/mol. The van der Waals surface area contributed by atoms with Crippen LogP contribution in [0.3, 0.4) is 0 Å². The van der Waals surface area contributed by atoms with Gasteiger partial charge < -0.3 is 4.40 Å². The minimum absolute atomic E-state index is 0.677. The van der Waals surface area contributed by atoms with Gasteiger partial charge in [0.2, 0.25) is 5.95 Å². The van der Waals surface area contributed by atoms with E-state index in [0.717, 1.165) is 33.2 Å². The molecule has 4 aromatic heterocycles. The summed E-state index contributed by atoms with van der Waals surface area (Å²) < 4.78 is 4.76. The van der Waals surface area contributed by atoms with E-state index in [4.69, 9.17) is 9.97 Å². The molecule has 0 spiro atoms. The smallest absolute Gasteiger partial charge is 0.235 e. The number of nitrogens with zero attached hydrogens (tertiary/aromatic N) is 4. The van der Waals surface area contributed by atoms with Crippen LogP contribution < -0.4 is 0 Å². The fraction of sp³-hybridized carbons (Fsp3) is 0. The summed E-state index contributed by atoms with van der Waals surface area (Å²) in [7, 11) is 0. The van der Waals surface area contributed by atoms with E-state index in [9.17, 15) is 0 Å². The summed E-state index contributed by atoms with van der Waals surface area (Å²) in [6.45, 7) is 0. The standard InChI is InChI=1S/C42H24N4/c1-2-12-25(13-3-1)40-29-17-6-9-19-33(29)43-42(44-40)46-35-21-11-8-18-30(35)38-37(46)24-31-28-16-7-10-20-34(28)45-36-23-27-15-5-4-14-26(27)22-32(36)39(38)41(31)45/h1-24H. The van der Waals surface area contributed by atoms with Crippen molar-refractivity contribution >= 4 is 81.6 Å². The Kier molecular flexibility index (Phi) is 4.55. The maximum absolute atomic E-state index is 5.34. The second-order valence-corrected chi connectivity index (χ2v) is 12.2. The highest BCUT2D eigenvalue weighted by atomic mass is 15.2. The zero-order chi connectivity index (χ0) is 29.9. The van der Waals surface area contributed by atoms with Crippen molar-refractivity contribution in [3.63, 3.8) is 0 Å². The summed E-state index contributed by atoms with van der Waals surface area (Å²) in [5, 5.41) is 11.0. The molecule has 7 aromatic carbocycles. The first-order chi connectivity index (χ1) is 22.8. The highest BCUT2D eigenvalue weighted by molar-refractivity contribution is 6.36. The molecule has 0 N–H and O–H groups in total. The second kappa shape index (κ2) is 8.68. The molecule has 0 unspecified atom stereocenters. The highest BCUT2D eigenvalue weighted by Crippen LogP contribution is 2.47. The SMILES string of the molecule is c1ccc(-c2nc(-n3c4ccccc4c4c5c6cc7ccccc7cc6n6c7ccccc7c(cc43)c56)nc3ccccc23)cc1. The third-order valence-corrected chi connectivity index (χ3v) is 9.81. The van der Waals surface area contributed by atoms with Crippen LogP contribution in [0.2, 0.25) is 0 Å². The van der Waals surface area contributed by atoms with Crippen LogP contribution in [0, 0.1) is 0 Å². The van der Waals surface area contributed by atoms with E-state index >= 15 is 0 Å². The number of rotatable bonds is 2. The fourth-order valence-corrected chi connectivity index (χ4v) is 7.89. The largest absolute Gasteiger partial charge is 0.308 e. The van der Waals surface area contributed by atoms with E-state index < -0.39 is 0 Å². The van der Waals surface area contributed by atoms with E-state index in [2.05, 4.69) is 148 Å². The zero-order valence-electron chi connectivity index (χ0n) is 24.6. The summed E-state index contributed by atoms with van der Waals surface area (Å²) in [6.07, 6.45) is 0. The lowest BCUT2D eigenvalue weighted by molar-refractivity contribution is 1.01. The Morgan fingerprint density at radius 1 is 0.413 bits per heavy atom. The number of aromatic nitrogens is 4. The van der Waals surface area contributed by atoms with Gasteiger partial charge >= 0.3 is 0 Å². The third-order valence-electron chi connectivity index (χ3n) is 9.81. The van der Waals surface area contributed by atoms with Crippen molar-refractivity contribution < 1.29 is 0 Å². The predicted molar refractivity (Wildman–Crippen MR) is 191 cm³/mol. The molecule has 0 amide bonds. The van der Waals surface area contributed by atoms with Crippen molar-refractivity contribution in [3.05, 3.63) is 146 Å². The molecule has 0 aliphatic rings. The molecule has 0 radical (unpaired) electrons. The van der Waals surface area contributed by atoms with Gasteiger partial charge in [0.25, 0.3) is 0 Å². The Bertz CT molecular complexity index is 3020. The molecule has 46 heavy (non-hydrogen) atoms. The van der Waals surface area contributed by atoms with Crippen molar-refractivity contribution in [2.24, 2.45) is 0 Å². The van der Waals surface area contributed by atoms with Gasteiger partial charge in [-0.1, -0.05) is 109 Å². The molecule has 212 valence electrons. The minimum atomic E-state index is 0.677. The number of benzene rings is 7. The van der Waals surface area contributed by atoms with Gasteiger partial charge in [0.1, 0.15) is 0 Å². The molecule has 4 heterocycles. The molecule has 0 atom stereocenters. The molecule has 11 aromatic rings. The van der Waals surface area contributed by atoms with Gasteiger partial charge in [0, 0.05) is 43.3 Å². The maximum Gasteiger partial charge on any atom is 0.235 e. The summed E-state index contributed by atoms with van der Waals surface area (Å²) >= 11 is 0. The lowest BCUT2D eigenvalue weighted by Gasteiger charge is -2.12. The van der Waals surface area contributed by atoms with Crippen molar-refractivity contribution in [3.8, 4) is 17.2 Å². The van der Waals surface area contributed by atoms with Crippen molar-refractivity contribution in [1.29, 1.82) is 0 Å². The highest BCUT2D eigenvalue weighted by Gasteiger charge is 2.25. The van der Waals surface area contributed by atoms with Crippen molar-refractivity contribution in [1.82, 2.24) is 18.9 Å². The average molecular weight is 585 g/mol. The molecule has 0 aliphatic heterocycles. The van der Waals surface area contributed by atoms with Gasteiger partial charge in [-0.05, 0) is 47.2 Å². The predicted octanol–water partition coefficient (Wildman–Crippen LogP) is 10.7. The molecule has 4 heteroatoms. The van der Waals surface area contributed by atoms with E-state index in [1.807, 2.05) is 6.07 Å². The van der Waals surface area contributed by atoms with Crippen LogP contribution in [-0.2, 0) is 0 Å². The second-order valence-electron chi connectivity index (χ2n) is 12.2. The van der Waals surface area contributed by atoms with E-state index in [1.165, 1.54) is 59.6 Å². The van der Waals surface area contributed by atoms with Gasteiger partial charge in [0.15, 0.2) is 0 Å².